The van der Waals surface area contributed by atoms with Crippen molar-refractivity contribution in [1.82, 2.24) is 9.55 Å². The number of para-hydroxylation sites is 1. The van der Waals surface area contributed by atoms with Gasteiger partial charge in [0.05, 0.1) is 28.0 Å². The molecule has 3 aromatic heterocycles. The molecule has 1 aliphatic carbocycles. The summed E-state index contributed by atoms with van der Waals surface area (Å²) in [7, 11) is 0. The lowest BCUT2D eigenvalue weighted by atomic mass is 9.82. The Labute approximate surface area is 247 Å². The fourth-order valence-electron chi connectivity index (χ4n) is 7.21. The predicted octanol–water partition coefficient (Wildman–Crippen LogP) is 9.41. The van der Waals surface area contributed by atoms with Gasteiger partial charge >= 0.3 is 0 Å². The number of rotatable bonds is 2. The Morgan fingerprint density at radius 3 is 2.30 bits per heavy atom. The Bertz CT molecular complexity index is 2500. The highest BCUT2D eigenvalue weighted by Gasteiger charge is 2.36. The average Bonchev–Trinajstić information content (AvgIpc) is 3.48. The summed E-state index contributed by atoms with van der Waals surface area (Å²) in [6.07, 6.45) is 3.82. The van der Waals surface area contributed by atoms with E-state index in [9.17, 15) is 4.79 Å². The maximum absolute atomic E-state index is 13.6. The van der Waals surface area contributed by atoms with E-state index in [-0.39, 0.29) is 10.8 Å². The molecule has 9 rings (SSSR count). The lowest BCUT2D eigenvalue weighted by molar-refractivity contribution is 0.660. The maximum atomic E-state index is 13.6. The lowest BCUT2D eigenvalue weighted by Gasteiger charge is -2.21. The maximum Gasteiger partial charge on any atom is 0.201 e. The second-order valence-corrected chi connectivity index (χ2v) is 12.0. The van der Waals surface area contributed by atoms with Crippen molar-refractivity contribution in [2.45, 2.75) is 19.3 Å². The molecule has 0 unspecified atom stereocenters. The van der Waals surface area contributed by atoms with E-state index in [0.29, 0.717) is 21.9 Å². The van der Waals surface area contributed by atoms with E-state index in [1.54, 1.807) is 0 Å². The van der Waals surface area contributed by atoms with E-state index < -0.39 is 0 Å². The summed E-state index contributed by atoms with van der Waals surface area (Å²) >= 11 is 0. The van der Waals surface area contributed by atoms with Gasteiger partial charge in [0.1, 0.15) is 11.2 Å². The van der Waals surface area contributed by atoms with Crippen LogP contribution in [0.15, 0.2) is 131 Å². The average molecular weight is 555 g/mol. The number of hydrogen-bond donors (Lipinski definition) is 0. The Balaban J connectivity index is 1.25. The van der Waals surface area contributed by atoms with Crippen molar-refractivity contribution < 1.29 is 4.42 Å². The Hall–Kier alpha value is -5.48. The third-order valence-electron chi connectivity index (χ3n) is 9.31. The number of benzene rings is 5. The first-order chi connectivity index (χ1) is 21.0. The van der Waals surface area contributed by atoms with E-state index in [1.165, 1.54) is 33.0 Å². The zero-order valence-electron chi connectivity index (χ0n) is 23.8. The van der Waals surface area contributed by atoms with Gasteiger partial charge in [0, 0.05) is 28.1 Å². The highest BCUT2D eigenvalue weighted by molar-refractivity contribution is 6.11. The van der Waals surface area contributed by atoms with Crippen molar-refractivity contribution in [3.05, 3.63) is 143 Å². The van der Waals surface area contributed by atoms with Gasteiger partial charge in [-0.1, -0.05) is 74.5 Å². The van der Waals surface area contributed by atoms with Crippen LogP contribution in [0, 0.1) is 0 Å². The molecule has 0 saturated heterocycles. The van der Waals surface area contributed by atoms with Gasteiger partial charge in [0.2, 0.25) is 5.43 Å². The number of pyridine rings is 1. The van der Waals surface area contributed by atoms with Crippen LogP contribution in [0.4, 0.5) is 0 Å². The molecule has 0 N–H and O–H groups in total. The van der Waals surface area contributed by atoms with Gasteiger partial charge in [-0.05, 0) is 81.9 Å². The monoisotopic (exact) mass is 554 g/mol. The molecule has 43 heavy (non-hydrogen) atoms. The molecule has 0 amide bonds. The van der Waals surface area contributed by atoms with Gasteiger partial charge in [-0.25, -0.2) is 0 Å². The van der Waals surface area contributed by atoms with Crippen LogP contribution in [0.25, 0.3) is 71.7 Å². The van der Waals surface area contributed by atoms with Crippen LogP contribution in [0.3, 0.4) is 0 Å². The Morgan fingerprint density at radius 1 is 0.651 bits per heavy atom. The van der Waals surface area contributed by atoms with Crippen molar-refractivity contribution >= 4 is 43.7 Å². The highest BCUT2D eigenvalue weighted by atomic mass is 16.3. The summed E-state index contributed by atoms with van der Waals surface area (Å²) in [4.78, 5) is 18.1. The van der Waals surface area contributed by atoms with Gasteiger partial charge in [-0.3, -0.25) is 9.78 Å². The zero-order chi connectivity index (χ0) is 28.9. The van der Waals surface area contributed by atoms with E-state index in [2.05, 4.69) is 90.1 Å². The van der Waals surface area contributed by atoms with E-state index in [1.807, 2.05) is 54.9 Å². The molecule has 0 bridgehead atoms. The van der Waals surface area contributed by atoms with Crippen LogP contribution in [0.2, 0.25) is 0 Å². The highest BCUT2D eigenvalue weighted by Crippen LogP contribution is 2.50. The molecule has 204 valence electrons. The van der Waals surface area contributed by atoms with Crippen LogP contribution >= 0.6 is 0 Å². The molecular weight excluding hydrogens is 528 g/mol. The molecule has 1 aliphatic rings. The molecule has 0 saturated carbocycles. The van der Waals surface area contributed by atoms with Crippen molar-refractivity contribution in [1.29, 1.82) is 0 Å². The van der Waals surface area contributed by atoms with E-state index in [4.69, 9.17) is 4.42 Å². The molecule has 8 aromatic rings. The van der Waals surface area contributed by atoms with Crippen LogP contribution in [-0.4, -0.2) is 9.55 Å². The molecule has 0 aliphatic heterocycles. The van der Waals surface area contributed by atoms with Crippen molar-refractivity contribution in [2.75, 3.05) is 0 Å². The smallest absolute Gasteiger partial charge is 0.201 e. The van der Waals surface area contributed by atoms with Gasteiger partial charge < -0.3 is 8.98 Å². The number of aromatic nitrogens is 2. The quantitative estimate of drug-likeness (QED) is 0.200. The summed E-state index contributed by atoms with van der Waals surface area (Å²) in [5.74, 6) is 0. The third-order valence-corrected chi connectivity index (χ3v) is 9.31. The minimum Gasteiger partial charge on any atom is -0.456 e. The summed E-state index contributed by atoms with van der Waals surface area (Å²) in [6.45, 7) is 4.63. The molecule has 0 spiro atoms. The lowest BCUT2D eigenvalue weighted by Crippen LogP contribution is -2.14. The van der Waals surface area contributed by atoms with E-state index >= 15 is 0 Å². The van der Waals surface area contributed by atoms with Crippen molar-refractivity contribution in [3.8, 4) is 27.9 Å². The number of hydrogen-bond acceptors (Lipinski definition) is 3. The molecule has 0 atom stereocenters. The minimum absolute atomic E-state index is 0.0116. The first-order valence-corrected chi connectivity index (χ1v) is 14.6. The molecule has 4 nitrogen and oxygen atoms in total. The molecular formula is C39H26N2O2. The first-order valence-electron chi connectivity index (χ1n) is 14.6. The molecule has 4 heteroatoms. The van der Waals surface area contributed by atoms with Crippen molar-refractivity contribution in [2.24, 2.45) is 0 Å². The van der Waals surface area contributed by atoms with Crippen LogP contribution in [-0.2, 0) is 5.41 Å². The molecule has 5 aromatic carbocycles. The normalized spacial score (nSPS) is 13.6. The topological polar surface area (TPSA) is 48.0 Å². The third kappa shape index (κ3) is 3.26. The van der Waals surface area contributed by atoms with E-state index in [0.717, 1.165) is 27.8 Å². The number of nitrogens with zero attached hydrogens (tertiary/aromatic N) is 2. The summed E-state index contributed by atoms with van der Waals surface area (Å²) in [5, 5.41) is 3.59. The standard InChI is InChI=1S/C39H26N2O2/c1-39(2)31-11-5-3-8-26(31)29-20-30-27-18-19-40-22-34(27)41(33(30)21-32(29)39)24-16-14-23(15-17-24)25-10-7-13-36-37(25)38(42)28-9-4-6-12-35(28)43-36/h3-22H,1-2H3. The molecule has 3 heterocycles. The Kier molecular flexibility index (Phi) is 4.79. The fourth-order valence-corrected chi connectivity index (χ4v) is 7.21. The van der Waals surface area contributed by atoms with Crippen LogP contribution in [0.5, 0.6) is 0 Å². The SMILES string of the molecule is CC1(C)c2ccccc2-c2cc3c4ccncc4n(-c4ccc(-c5cccc6oc7ccccc7c(=O)c56)cc4)c3cc21. The molecule has 0 fully saturated rings. The first kappa shape index (κ1) is 24.2. The summed E-state index contributed by atoms with van der Waals surface area (Å²) in [5.41, 5.74) is 11.5. The predicted molar refractivity (Wildman–Crippen MR) is 175 cm³/mol. The fraction of sp³-hybridized carbons (Fsp3) is 0.0769. The minimum atomic E-state index is -0.0941. The second kappa shape index (κ2) is 8.52. The molecule has 0 radical (unpaired) electrons. The van der Waals surface area contributed by atoms with Crippen LogP contribution in [0.1, 0.15) is 25.0 Å². The summed E-state index contributed by atoms with van der Waals surface area (Å²) in [6, 6.07) is 37.3. The van der Waals surface area contributed by atoms with Gasteiger partial charge in [0.25, 0.3) is 0 Å². The number of fused-ring (bicyclic) bond motifs is 8. The van der Waals surface area contributed by atoms with Crippen molar-refractivity contribution in [3.63, 3.8) is 0 Å². The van der Waals surface area contributed by atoms with Gasteiger partial charge in [-0.15, -0.1) is 0 Å². The Morgan fingerprint density at radius 2 is 1.42 bits per heavy atom. The summed E-state index contributed by atoms with van der Waals surface area (Å²) < 4.78 is 8.45. The zero-order valence-corrected chi connectivity index (χ0v) is 23.8. The second-order valence-electron chi connectivity index (χ2n) is 12.0. The van der Waals surface area contributed by atoms with Crippen LogP contribution < -0.4 is 5.43 Å². The largest absolute Gasteiger partial charge is 0.456 e. The van der Waals surface area contributed by atoms with Gasteiger partial charge in [0.15, 0.2) is 0 Å². The van der Waals surface area contributed by atoms with Gasteiger partial charge in [-0.2, -0.15) is 0 Å².